The molecule has 1 aromatic heterocycles. The summed E-state index contributed by atoms with van der Waals surface area (Å²) in [7, 11) is 0. The van der Waals surface area contributed by atoms with Crippen molar-refractivity contribution in [2.45, 2.75) is 38.6 Å². The van der Waals surface area contributed by atoms with Gasteiger partial charge in [0.05, 0.1) is 13.2 Å². The van der Waals surface area contributed by atoms with Crippen LogP contribution in [0, 0.1) is 24.7 Å². The van der Waals surface area contributed by atoms with E-state index in [0.717, 1.165) is 12.3 Å². The lowest BCUT2D eigenvalue weighted by Crippen LogP contribution is -2.47. The maximum absolute atomic E-state index is 13.0. The molecule has 114 valence electrons. The van der Waals surface area contributed by atoms with E-state index < -0.39 is 0 Å². The van der Waals surface area contributed by atoms with E-state index in [9.17, 15) is 4.79 Å². The zero-order valence-corrected chi connectivity index (χ0v) is 12.3. The molecule has 1 aromatic rings. The van der Waals surface area contributed by atoms with Gasteiger partial charge >= 0.3 is 0 Å². The minimum absolute atomic E-state index is 0.202. The Morgan fingerprint density at radius 2 is 2.24 bits per heavy atom. The third-order valence-electron chi connectivity index (χ3n) is 5.30. The Bertz CT molecular complexity index is 544. The summed E-state index contributed by atoms with van der Waals surface area (Å²) in [5.74, 6) is 2.94. The molecule has 0 radical (unpaired) electrons. The van der Waals surface area contributed by atoms with Crippen molar-refractivity contribution in [2.24, 2.45) is 17.8 Å². The topological polar surface area (TPSA) is 68.5 Å². The summed E-state index contributed by atoms with van der Waals surface area (Å²) < 4.78 is 10.8. The number of fused-ring (bicyclic) bond motifs is 2. The SMILES string of the molecule is Cc1noc([C@@H]2COCCN2C(=O)[C@H]2C[C@H]3CC[C@H]2C3)n1. The van der Waals surface area contributed by atoms with Crippen molar-refractivity contribution < 1.29 is 14.1 Å². The number of amides is 1. The third kappa shape index (κ3) is 2.25. The number of ether oxygens (including phenoxy) is 1. The quantitative estimate of drug-likeness (QED) is 0.830. The molecule has 0 aromatic carbocycles. The van der Waals surface area contributed by atoms with Gasteiger partial charge in [0.25, 0.3) is 5.89 Å². The monoisotopic (exact) mass is 291 g/mol. The molecule has 2 aliphatic carbocycles. The van der Waals surface area contributed by atoms with E-state index in [1.54, 1.807) is 6.92 Å². The molecule has 2 heterocycles. The van der Waals surface area contributed by atoms with Gasteiger partial charge in [-0.05, 0) is 38.0 Å². The van der Waals surface area contributed by atoms with Crippen molar-refractivity contribution in [3.05, 3.63) is 11.7 Å². The average molecular weight is 291 g/mol. The summed E-state index contributed by atoms with van der Waals surface area (Å²) in [5.41, 5.74) is 0. The molecule has 2 saturated carbocycles. The van der Waals surface area contributed by atoms with Gasteiger partial charge in [-0.25, -0.2) is 0 Å². The van der Waals surface area contributed by atoms with Crippen LogP contribution in [0.3, 0.4) is 0 Å². The lowest BCUT2D eigenvalue weighted by molar-refractivity contribution is -0.147. The fourth-order valence-corrected chi connectivity index (χ4v) is 4.28. The van der Waals surface area contributed by atoms with Crippen LogP contribution in [0.4, 0.5) is 0 Å². The highest BCUT2D eigenvalue weighted by Crippen LogP contribution is 2.49. The predicted octanol–water partition coefficient (Wildman–Crippen LogP) is 1.71. The number of rotatable bonds is 2. The molecule has 4 rings (SSSR count). The van der Waals surface area contributed by atoms with Crippen LogP contribution in [0.15, 0.2) is 4.52 Å². The summed E-state index contributed by atoms with van der Waals surface area (Å²) >= 11 is 0. The molecule has 3 fully saturated rings. The van der Waals surface area contributed by atoms with Crippen molar-refractivity contribution in [3.63, 3.8) is 0 Å². The van der Waals surface area contributed by atoms with Crippen LogP contribution in [0.1, 0.15) is 43.4 Å². The number of hydrogen-bond donors (Lipinski definition) is 0. The lowest BCUT2D eigenvalue weighted by atomic mass is 9.87. The molecule has 0 spiro atoms. The molecule has 1 amide bonds. The Morgan fingerprint density at radius 1 is 1.33 bits per heavy atom. The van der Waals surface area contributed by atoms with E-state index in [-0.39, 0.29) is 17.9 Å². The third-order valence-corrected chi connectivity index (χ3v) is 5.30. The number of aryl methyl sites for hydroxylation is 1. The van der Waals surface area contributed by atoms with E-state index in [4.69, 9.17) is 9.26 Å². The number of morpholine rings is 1. The molecule has 3 aliphatic rings. The normalized spacial score (nSPS) is 35.4. The Balaban J connectivity index is 1.55. The molecule has 0 unspecified atom stereocenters. The lowest BCUT2D eigenvalue weighted by Gasteiger charge is -2.36. The van der Waals surface area contributed by atoms with E-state index in [2.05, 4.69) is 10.1 Å². The smallest absolute Gasteiger partial charge is 0.251 e. The summed E-state index contributed by atoms with van der Waals surface area (Å²) in [4.78, 5) is 19.2. The number of carbonyl (C=O) groups excluding carboxylic acids is 1. The molecular formula is C15H21N3O3. The van der Waals surface area contributed by atoms with Gasteiger partial charge in [0.15, 0.2) is 5.82 Å². The maximum atomic E-state index is 13.0. The van der Waals surface area contributed by atoms with Gasteiger partial charge in [-0.1, -0.05) is 11.6 Å². The summed E-state index contributed by atoms with van der Waals surface area (Å²) in [6.07, 6.45) is 4.83. The van der Waals surface area contributed by atoms with Gasteiger partial charge in [-0.3, -0.25) is 4.79 Å². The number of hydrogen-bond acceptors (Lipinski definition) is 5. The standard InChI is InChI=1S/C15H21N3O3/c1-9-16-14(21-17-9)13-8-20-5-4-18(13)15(19)12-7-10-2-3-11(12)6-10/h10-13H,2-8H2,1H3/t10-,11-,12-,13-/m0/s1. The fraction of sp³-hybridized carbons (Fsp3) is 0.800. The van der Waals surface area contributed by atoms with Crippen molar-refractivity contribution in [2.75, 3.05) is 19.8 Å². The second-order valence-corrected chi connectivity index (χ2v) is 6.58. The summed E-state index contributed by atoms with van der Waals surface area (Å²) in [6, 6.07) is -0.216. The molecule has 4 atom stereocenters. The van der Waals surface area contributed by atoms with E-state index in [1.807, 2.05) is 4.90 Å². The minimum atomic E-state index is -0.216. The van der Waals surface area contributed by atoms with Crippen molar-refractivity contribution in [3.8, 4) is 0 Å². The van der Waals surface area contributed by atoms with Crippen molar-refractivity contribution in [1.82, 2.24) is 15.0 Å². The first-order valence-corrected chi connectivity index (χ1v) is 7.91. The Labute approximate surface area is 123 Å². The first kappa shape index (κ1) is 13.2. The van der Waals surface area contributed by atoms with Crippen LogP contribution >= 0.6 is 0 Å². The first-order valence-electron chi connectivity index (χ1n) is 7.91. The second-order valence-electron chi connectivity index (χ2n) is 6.58. The minimum Gasteiger partial charge on any atom is -0.377 e. The highest BCUT2D eigenvalue weighted by Gasteiger charge is 2.46. The van der Waals surface area contributed by atoms with Crippen LogP contribution in [0.5, 0.6) is 0 Å². The van der Waals surface area contributed by atoms with E-state index >= 15 is 0 Å². The van der Waals surface area contributed by atoms with Crippen LogP contribution < -0.4 is 0 Å². The zero-order chi connectivity index (χ0) is 14.4. The van der Waals surface area contributed by atoms with E-state index in [0.29, 0.717) is 37.4 Å². The van der Waals surface area contributed by atoms with Crippen LogP contribution in [-0.4, -0.2) is 40.7 Å². The van der Waals surface area contributed by atoms with Gasteiger partial charge in [0.2, 0.25) is 5.91 Å². The van der Waals surface area contributed by atoms with Crippen LogP contribution in [-0.2, 0) is 9.53 Å². The molecule has 1 aliphatic heterocycles. The molecule has 21 heavy (non-hydrogen) atoms. The van der Waals surface area contributed by atoms with Gasteiger partial charge in [0, 0.05) is 12.5 Å². The highest BCUT2D eigenvalue weighted by molar-refractivity contribution is 5.80. The van der Waals surface area contributed by atoms with Crippen molar-refractivity contribution >= 4 is 5.91 Å². The summed E-state index contributed by atoms with van der Waals surface area (Å²) in [6.45, 7) is 3.46. The Morgan fingerprint density at radius 3 is 2.90 bits per heavy atom. The Hall–Kier alpha value is -1.43. The number of carbonyl (C=O) groups is 1. The van der Waals surface area contributed by atoms with Gasteiger partial charge in [-0.15, -0.1) is 0 Å². The maximum Gasteiger partial charge on any atom is 0.251 e. The van der Waals surface area contributed by atoms with Crippen LogP contribution in [0.25, 0.3) is 0 Å². The van der Waals surface area contributed by atoms with Crippen molar-refractivity contribution in [1.29, 1.82) is 0 Å². The second kappa shape index (κ2) is 5.09. The van der Waals surface area contributed by atoms with Gasteiger partial charge in [-0.2, -0.15) is 4.98 Å². The number of aromatic nitrogens is 2. The largest absolute Gasteiger partial charge is 0.377 e. The molecule has 6 nitrogen and oxygen atoms in total. The molecular weight excluding hydrogens is 270 g/mol. The fourth-order valence-electron chi connectivity index (χ4n) is 4.28. The first-order chi connectivity index (χ1) is 10.2. The predicted molar refractivity (Wildman–Crippen MR) is 73.2 cm³/mol. The van der Waals surface area contributed by atoms with Gasteiger partial charge < -0.3 is 14.2 Å². The zero-order valence-electron chi connectivity index (χ0n) is 12.3. The highest BCUT2D eigenvalue weighted by atomic mass is 16.5. The molecule has 6 heteroatoms. The summed E-state index contributed by atoms with van der Waals surface area (Å²) in [5, 5.41) is 3.84. The number of nitrogens with zero attached hydrogens (tertiary/aromatic N) is 3. The molecule has 0 N–H and O–H groups in total. The van der Waals surface area contributed by atoms with Gasteiger partial charge in [0.1, 0.15) is 6.04 Å². The van der Waals surface area contributed by atoms with E-state index in [1.165, 1.54) is 19.3 Å². The molecule has 2 bridgehead atoms. The Kier molecular flexibility index (Phi) is 3.21. The average Bonchev–Trinajstić information content (AvgIpc) is 3.22. The van der Waals surface area contributed by atoms with Crippen LogP contribution in [0.2, 0.25) is 0 Å². The molecule has 1 saturated heterocycles.